The van der Waals surface area contributed by atoms with Gasteiger partial charge in [-0.05, 0) is 6.07 Å². The molecule has 0 atom stereocenters. The summed E-state index contributed by atoms with van der Waals surface area (Å²) in [6.45, 7) is 1.84. The maximum absolute atomic E-state index is 11.5. The summed E-state index contributed by atoms with van der Waals surface area (Å²) >= 11 is 0. The van der Waals surface area contributed by atoms with Crippen molar-refractivity contribution >= 4 is 5.91 Å². The molecule has 6 heteroatoms. The van der Waals surface area contributed by atoms with Crippen LogP contribution in [-0.4, -0.2) is 44.4 Å². The number of rotatable bonds is 7. The predicted octanol–water partition coefficient (Wildman–Crippen LogP) is -0.232. The number of carbonyl (C=O) groups excluding carboxylic acids is 1. The Hall–Kier alpha value is -1.66. The van der Waals surface area contributed by atoms with Crippen LogP contribution in [0.4, 0.5) is 0 Å². The van der Waals surface area contributed by atoms with Gasteiger partial charge in [-0.1, -0.05) is 0 Å². The summed E-state index contributed by atoms with van der Waals surface area (Å²) in [7, 11) is 1.60. The van der Waals surface area contributed by atoms with Crippen molar-refractivity contribution in [1.29, 1.82) is 0 Å². The van der Waals surface area contributed by atoms with E-state index in [0.717, 1.165) is 0 Å². The fourth-order valence-electron chi connectivity index (χ4n) is 1.17. The molecule has 0 unspecified atom stereocenters. The second kappa shape index (κ2) is 7.59. The zero-order valence-corrected chi connectivity index (χ0v) is 9.69. The highest BCUT2D eigenvalue weighted by Gasteiger charge is 2.04. The highest BCUT2D eigenvalue weighted by Crippen LogP contribution is 1.91. The molecule has 0 saturated carbocycles. The third kappa shape index (κ3) is 5.28. The van der Waals surface area contributed by atoms with Crippen LogP contribution >= 0.6 is 0 Å². The number of hydrogen-bond acceptors (Lipinski definition) is 4. The second-order valence-electron chi connectivity index (χ2n) is 3.30. The van der Waals surface area contributed by atoms with E-state index >= 15 is 0 Å². The van der Waals surface area contributed by atoms with Crippen molar-refractivity contribution in [1.82, 2.24) is 10.3 Å². The molecule has 1 heterocycles. The number of nitrogens with one attached hydrogen (secondary N) is 2. The zero-order valence-electron chi connectivity index (χ0n) is 9.69. The molecule has 0 aliphatic carbocycles. The highest BCUT2D eigenvalue weighted by molar-refractivity contribution is 5.93. The molecule has 0 spiro atoms. The number of hydrogen-bond donors (Lipinski definition) is 2. The van der Waals surface area contributed by atoms with Gasteiger partial charge in [-0.2, -0.15) is 0 Å². The molecule has 0 bridgehead atoms. The summed E-state index contributed by atoms with van der Waals surface area (Å²) in [5, 5.41) is 2.65. The van der Waals surface area contributed by atoms with Crippen LogP contribution in [0.5, 0.6) is 0 Å². The van der Waals surface area contributed by atoms with Crippen LogP contribution < -0.4 is 10.9 Å². The Kier molecular flexibility index (Phi) is 5.98. The monoisotopic (exact) mass is 240 g/mol. The molecule has 1 rings (SSSR count). The summed E-state index contributed by atoms with van der Waals surface area (Å²) in [4.78, 5) is 25.0. The molecule has 17 heavy (non-hydrogen) atoms. The Morgan fingerprint density at radius 2 is 2.24 bits per heavy atom. The zero-order chi connectivity index (χ0) is 12.5. The van der Waals surface area contributed by atoms with Crippen LogP contribution in [-0.2, 0) is 9.47 Å². The molecular formula is C11H16N2O4. The molecule has 6 nitrogen and oxygen atoms in total. The predicted molar refractivity (Wildman–Crippen MR) is 62.1 cm³/mol. The van der Waals surface area contributed by atoms with Gasteiger partial charge in [0.05, 0.1) is 19.8 Å². The number of amides is 1. The molecule has 0 aliphatic heterocycles. The van der Waals surface area contributed by atoms with Crippen molar-refractivity contribution < 1.29 is 14.3 Å². The highest BCUT2D eigenvalue weighted by atomic mass is 16.5. The van der Waals surface area contributed by atoms with Gasteiger partial charge in [0.25, 0.3) is 5.91 Å². The van der Waals surface area contributed by atoms with Crippen LogP contribution in [0, 0.1) is 0 Å². The average molecular weight is 240 g/mol. The van der Waals surface area contributed by atoms with Crippen molar-refractivity contribution in [3.63, 3.8) is 0 Å². The van der Waals surface area contributed by atoms with Gasteiger partial charge in [0.1, 0.15) is 0 Å². The van der Waals surface area contributed by atoms with Gasteiger partial charge in [0, 0.05) is 31.5 Å². The van der Waals surface area contributed by atoms with Gasteiger partial charge in [-0.25, -0.2) is 0 Å². The summed E-state index contributed by atoms with van der Waals surface area (Å²) in [6.07, 6.45) is 1.44. The Labute approximate surface area is 98.9 Å². The lowest BCUT2D eigenvalue weighted by atomic mass is 10.2. The van der Waals surface area contributed by atoms with Gasteiger partial charge in [0.15, 0.2) is 0 Å². The fraction of sp³-hybridized carbons (Fsp3) is 0.455. The van der Waals surface area contributed by atoms with Crippen LogP contribution in [0.3, 0.4) is 0 Å². The molecule has 0 aromatic carbocycles. The van der Waals surface area contributed by atoms with Crippen LogP contribution in [0.2, 0.25) is 0 Å². The second-order valence-corrected chi connectivity index (χ2v) is 3.30. The standard InChI is InChI=1S/C11H16N2O4/c1-16-6-7-17-5-4-13-11(15)9-2-3-12-10(14)8-9/h2-3,8H,4-7H2,1H3,(H,12,14)(H,13,15). The third-order valence-corrected chi connectivity index (χ3v) is 2.00. The van der Waals surface area contributed by atoms with Crippen molar-refractivity contribution in [2.75, 3.05) is 33.5 Å². The molecule has 0 saturated heterocycles. The Balaban J connectivity index is 2.24. The summed E-state index contributed by atoms with van der Waals surface area (Å²) in [5.41, 5.74) is 0.0413. The van der Waals surface area contributed by atoms with E-state index in [1.54, 1.807) is 13.2 Å². The minimum Gasteiger partial charge on any atom is -0.382 e. The fourth-order valence-corrected chi connectivity index (χ4v) is 1.17. The van der Waals surface area contributed by atoms with E-state index in [1.807, 2.05) is 0 Å². The Morgan fingerprint density at radius 1 is 1.41 bits per heavy atom. The van der Waals surface area contributed by atoms with Gasteiger partial charge in [0.2, 0.25) is 5.56 Å². The lowest BCUT2D eigenvalue weighted by Crippen LogP contribution is -2.28. The van der Waals surface area contributed by atoms with Gasteiger partial charge < -0.3 is 19.8 Å². The maximum Gasteiger partial charge on any atom is 0.251 e. The van der Waals surface area contributed by atoms with E-state index in [1.165, 1.54) is 12.3 Å². The Bertz CT molecular complexity index is 402. The van der Waals surface area contributed by atoms with E-state index < -0.39 is 0 Å². The largest absolute Gasteiger partial charge is 0.382 e. The van der Waals surface area contributed by atoms with E-state index in [9.17, 15) is 9.59 Å². The quantitative estimate of drug-likeness (QED) is 0.645. The first-order valence-corrected chi connectivity index (χ1v) is 5.27. The minimum absolute atomic E-state index is 0.286. The number of ether oxygens (including phenoxy) is 2. The van der Waals surface area contributed by atoms with Crippen molar-refractivity contribution in [3.8, 4) is 0 Å². The molecule has 1 aromatic heterocycles. The smallest absolute Gasteiger partial charge is 0.251 e. The lowest BCUT2D eigenvalue weighted by Gasteiger charge is -2.05. The molecule has 0 fully saturated rings. The van der Waals surface area contributed by atoms with Crippen LogP contribution in [0.1, 0.15) is 10.4 Å². The third-order valence-electron chi connectivity index (χ3n) is 2.00. The molecule has 1 aromatic rings. The van der Waals surface area contributed by atoms with E-state index in [4.69, 9.17) is 9.47 Å². The first-order chi connectivity index (χ1) is 8.24. The first kappa shape index (κ1) is 13.4. The van der Waals surface area contributed by atoms with Crippen molar-refractivity contribution in [2.24, 2.45) is 0 Å². The van der Waals surface area contributed by atoms with Gasteiger partial charge >= 0.3 is 0 Å². The van der Waals surface area contributed by atoms with E-state index in [2.05, 4.69) is 10.3 Å². The Morgan fingerprint density at radius 3 is 2.94 bits per heavy atom. The normalized spacial score (nSPS) is 10.2. The van der Waals surface area contributed by atoms with E-state index in [-0.39, 0.29) is 11.5 Å². The number of H-pyrrole nitrogens is 1. The number of carbonyl (C=O) groups is 1. The van der Waals surface area contributed by atoms with Crippen LogP contribution in [0.15, 0.2) is 23.1 Å². The van der Waals surface area contributed by atoms with Crippen molar-refractivity contribution in [3.05, 3.63) is 34.2 Å². The summed E-state index contributed by atoms with van der Waals surface area (Å²) in [5.74, 6) is -0.286. The molecule has 1 amide bonds. The summed E-state index contributed by atoms with van der Waals surface area (Å²) in [6, 6.07) is 2.80. The van der Waals surface area contributed by atoms with Gasteiger partial charge in [-0.15, -0.1) is 0 Å². The molecule has 2 N–H and O–H groups in total. The lowest BCUT2D eigenvalue weighted by molar-refractivity contribution is 0.0692. The molecule has 0 radical (unpaired) electrons. The molecular weight excluding hydrogens is 224 g/mol. The maximum atomic E-state index is 11.5. The molecule has 0 aliphatic rings. The number of aromatic nitrogens is 1. The topological polar surface area (TPSA) is 80.4 Å². The number of pyridine rings is 1. The van der Waals surface area contributed by atoms with Gasteiger partial charge in [-0.3, -0.25) is 9.59 Å². The number of aromatic amines is 1. The van der Waals surface area contributed by atoms with Crippen LogP contribution in [0.25, 0.3) is 0 Å². The summed E-state index contributed by atoms with van der Waals surface area (Å²) < 4.78 is 9.98. The number of methoxy groups -OCH3 is 1. The van der Waals surface area contributed by atoms with E-state index in [0.29, 0.717) is 31.9 Å². The SMILES string of the molecule is COCCOCCNC(=O)c1cc[nH]c(=O)c1. The average Bonchev–Trinajstić information content (AvgIpc) is 2.33. The van der Waals surface area contributed by atoms with Crippen molar-refractivity contribution in [2.45, 2.75) is 0 Å². The molecule has 94 valence electrons. The first-order valence-electron chi connectivity index (χ1n) is 5.27. The minimum atomic E-state index is -0.297.